The normalized spacial score (nSPS) is 14.5. The van der Waals surface area contributed by atoms with E-state index in [2.05, 4.69) is 58.9 Å². The first-order valence-electron chi connectivity index (χ1n) is 11.6. The van der Waals surface area contributed by atoms with Gasteiger partial charge in [-0.2, -0.15) is 0 Å². The lowest BCUT2D eigenvalue weighted by Crippen LogP contribution is -2.46. The van der Waals surface area contributed by atoms with Gasteiger partial charge in [-0.15, -0.1) is 24.0 Å². The molecule has 6 nitrogen and oxygen atoms in total. The lowest BCUT2D eigenvalue weighted by atomic mass is 9.93. The highest BCUT2D eigenvalue weighted by Crippen LogP contribution is 2.20. The van der Waals surface area contributed by atoms with Crippen LogP contribution in [-0.2, 0) is 29.3 Å². The first-order chi connectivity index (χ1) is 15.7. The summed E-state index contributed by atoms with van der Waals surface area (Å²) in [5, 5.41) is 6.16. The number of nitrogens with zero attached hydrogens (tertiary/aromatic N) is 2. The number of likely N-dealkylation sites (tertiary alicyclic amines) is 1. The van der Waals surface area contributed by atoms with Crippen LogP contribution in [0.2, 0.25) is 0 Å². The number of rotatable bonds is 9. The molecule has 180 valence electrons. The Kier molecular flexibility index (Phi) is 12.2. The number of benzene rings is 2. The van der Waals surface area contributed by atoms with Crippen molar-refractivity contribution in [2.45, 2.75) is 45.9 Å². The molecule has 2 aromatic carbocycles. The molecular weight excluding hydrogens is 527 g/mol. The van der Waals surface area contributed by atoms with Crippen molar-refractivity contribution in [2.75, 3.05) is 26.7 Å². The Labute approximate surface area is 215 Å². The topological polar surface area (TPSA) is 66.0 Å². The van der Waals surface area contributed by atoms with Crippen molar-refractivity contribution in [3.05, 3.63) is 71.3 Å². The molecule has 0 saturated carbocycles. The largest absolute Gasteiger partial charge is 0.372 e. The van der Waals surface area contributed by atoms with E-state index >= 15 is 0 Å². The summed E-state index contributed by atoms with van der Waals surface area (Å²) in [6.45, 7) is 6.63. The van der Waals surface area contributed by atoms with Crippen LogP contribution in [0, 0.1) is 5.92 Å². The molecule has 0 atom stereocenters. The molecule has 0 spiro atoms. The van der Waals surface area contributed by atoms with Gasteiger partial charge in [0.25, 0.3) is 0 Å². The average Bonchev–Trinajstić information content (AvgIpc) is 2.83. The molecule has 0 aliphatic carbocycles. The Balaban J connectivity index is 0.00000385. The lowest BCUT2D eigenvalue weighted by molar-refractivity contribution is -0.121. The van der Waals surface area contributed by atoms with Crippen LogP contribution in [0.15, 0.2) is 59.6 Å². The number of guanidine groups is 1. The first-order valence-corrected chi connectivity index (χ1v) is 11.6. The van der Waals surface area contributed by atoms with Crippen LogP contribution in [-0.4, -0.2) is 43.4 Å². The summed E-state index contributed by atoms with van der Waals surface area (Å²) in [5.74, 6) is 1.55. The molecule has 1 saturated heterocycles. The minimum absolute atomic E-state index is 0. The molecule has 1 aliphatic rings. The van der Waals surface area contributed by atoms with E-state index in [1.165, 1.54) is 11.1 Å². The number of aliphatic imine (C=N–C) groups is 1. The Bertz CT molecular complexity index is 868. The van der Waals surface area contributed by atoms with Crippen LogP contribution in [0.5, 0.6) is 0 Å². The zero-order chi connectivity index (χ0) is 22.6. The van der Waals surface area contributed by atoms with Crippen LogP contribution >= 0.6 is 24.0 Å². The minimum Gasteiger partial charge on any atom is -0.372 e. The Hall–Kier alpha value is -2.13. The van der Waals surface area contributed by atoms with Gasteiger partial charge in [0.15, 0.2) is 5.96 Å². The molecule has 0 aromatic heterocycles. The zero-order valence-electron chi connectivity index (χ0n) is 19.8. The summed E-state index contributed by atoms with van der Waals surface area (Å²) in [6, 6.07) is 18.7. The molecule has 0 unspecified atom stereocenters. The van der Waals surface area contributed by atoms with Crippen LogP contribution in [0.1, 0.15) is 42.9 Å². The summed E-state index contributed by atoms with van der Waals surface area (Å²) in [5.41, 5.74) is 3.52. The van der Waals surface area contributed by atoms with Crippen molar-refractivity contribution in [3.8, 4) is 0 Å². The van der Waals surface area contributed by atoms with Gasteiger partial charge in [-0.25, -0.2) is 4.99 Å². The molecule has 7 heteroatoms. The number of ether oxygens (including phenoxy) is 1. The fraction of sp³-hybridized carbons (Fsp3) is 0.462. The van der Waals surface area contributed by atoms with Gasteiger partial charge in [-0.1, -0.05) is 54.6 Å². The second kappa shape index (κ2) is 14.9. The van der Waals surface area contributed by atoms with Crippen molar-refractivity contribution < 1.29 is 9.53 Å². The quantitative estimate of drug-likeness (QED) is 0.270. The predicted octanol–water partition coefficient (Wildman–Crippen LogP) is 4.34. The van der Waals surface area contributed by atoms with Gasteiger partial charge in [0.2, 0.25) is 5.91 Å². The van der Waals surface area contributed by atoms with Gasteiger partial charge < -0.3 is 20.3 Å². The third-order valence-electron chi connectivity index (χ3n) is 5.78. The number of carbonyl (C=O) groups excluding carboxylic acids is 1. The van der Waals surface area contributed by atoms with E-state index in [4.69, 9.17) is 9.73 Å². The van der Waals surface area contributed by atoms with Crippen molar-refractivity contribution in [1.82, 2.24) is 15.5 Å². The monoisotopic (exact) mass is 564 g/mol. The number of hydrogen-bond acceptors (Lipinski definition) is 3. The van der Waals surface area contributed by atoms with Crippen molar-refractivity contribution in [2.24, 2.45) is 10.9 Å². The molecule has 0 bridgehead atoms. The molecule has 1 fully saturated rings. The molecule has 2 N–H and O–H groups in total. The highest BCUT2D eigenvalue weighted by Gasteiger charge is 2.23. The second-order valence-corrected chi connectivity index (χ2v) is 8.28. The zero-order valence-corrected chi connectivity index (χ0v) is 22.1. The number of piperidine rings is 1. The SMILES string of the molecule is CCNC(=NCc1cccc(COCc2ccccc2)c1)N1CCC(CC(=O)NC)CC1.I. The number of amides is 1. The molecule has 3 rings (SSSR count). The van der Waals surface area contributed by atoms with Crippen molar-refractivity contribution >= 4 is 35.8 Å². The van der Waals surface area contributed by atoms with Gasteiger partial charge in [0, 0.05) is 33.1 Å². The molecule has 1 heterocycles. The van der Waals surface area contributed by atoms with Crippen LogP contribution in [0.4, 0.5) is 0 Å². The van der Waals surface area contributed by atoms with Crippen LogP contribution in [0.3, 0.4) is 0 Å². The van der Waals surface area contributed by atoms with Gasteiger partial charge in [0.05, 0.1) is 19.8 Å². The maximum Gasteiger partial charge on any atom is 0.220 e. The minimum atomic E-state index is 0. The van der Waals surface area contributed by atoms with E-state index in [9.17, 15) is 4.79 Å². The number of hydrogen-bond donors (Lipinski definition) is 2. The maximum atomic E-state index is 11.7. The van der Waals surface area contributed by atoms with Gasteiger partial charge in [0.1, 0.15) is 0 Å². The molecule has 2 aromatic rings. The van der Waals surface area contributed by atoms with E-state index in [1.807, 2.05) is 18.2 Å². The van der Waals surface area contributed by atoms with Gasteiger partial charge in [-0.3, -0.25) is 4.79 Å². The molecular formula is C26H37IN4O2. The highest BCUT2D eigenvalue weighted by atomic mass is 127. The molecule has 1 aliphatic heterocycles. The summed E-state index contributed by atoms with van der Waals surface area (Å²) in [4.78, 5) is 18.9. The molecule has 33 heavy (non-hydrogen) atoms. The fourth-order valence-electron chi connectivity index (χ4n) is 3.98. The number of carbonyl (C=O) groups is 1. The summed E-state index contributed by atoms with van der Waals surface area (Å²) in [7, 11) is 1.71. The third kappa shape index (κ3) is 9.33. The second-order valence-electron chi connectivity index (χ2n) is 8.28. The fourth-order valence-corrected chi connectivity index (χ4v) is 3.98. The smallest absolute Gasteiger partial charge is 0.220 e. The average molecular weight is 565 g/mol. The standard InChI is InChI=1S/C26H36N4O2.HI/c1-3-28-26(30-14-12-21(13-15-30)17-25(31)27-2)29-18-23-10-7-11-24(16-23)20-32-19-22-8-5-4-6-9-22;/h4-11,16,21H,3,12-15,17-20H2,1-2H3,(H,27,31)(H,28,29);1H. The number of nitrogens with one attached hydrogen (secondary N) is 2. The van der Waals surface area contributed by atoms with E-state index in [0.717, 1.165) is 44.0 Å². The Morgan fingerprint density at radius 1 is 1.03 bits per heavy atom. The summed E-state index contributed by atoms with van der Waals surface area (Å²) < 4.78 is 5.88. The van der Waals surface area contributed by atoms with Crippen molar-refractivity contribution in [3.63, 3.8) is 0 Å². The van der Waals surface area contributed by atoms with Crippen LogP contribution < -0.4 is 10.6 Å². The van der Waals surface area contributed by atoms with E-state index in [1.54, 1.807) is 7.05 Å². The summed E-state index contributed by atoms with van der Waals surface area (Å²) >= 11 is 0. The van der Waals surface area contributed by atoms with Gasteiger partial charge in [-0.05, 0) is 42.4 Å². The molecule has 1 amide bonds. The predicted molar refractivity (Wildman–Crippen MR) is 145 cm³/mol. The highest BCUT2D eigenvalue weighted by molar-refractivity contribution is 14.0. The Morgan fingerprint density at radius 3 is 2.39 bits per heavy atom. The summed E-state index contributed by atoms with van der Waals surface area (Å²) in [6.07, 6.45) is 2.66. The van der Waals surface area contributed by atoms with Crippen molar-refractivity contribution in [1.29, 1.82) is 0 Å². The maximum absolute atomic E-state index is 11.7. The lowest BCUT2D eigenvalue weighted by Gasteiger charge is -2.34. The van der Waals surface area contributed by atoms with E-state index < -0.39 is 0 Å². The van der Waals surface area contributed by atoms with E-state index in [0.29, 0.717) is 32.1 Å². The molecule has 0 radical (unpaired) electrons. The number of halogens is 1. The first kappa shape index (κ1) is 27.1. The third-order valence-corrected chi connectivity index (χ3v) is 5.78. The Morgan fingerprint density at radius 2 is 1.70 bits per heavy atom. The van der Waals surface area contributed by atoms with E-state index in [-0.39, 0.29) is 29.9 Å². The van der Waals surface area contributed by atoms with Gasteiger partial charge >= 0.3 is 0 Å². The van der Waals surface area contributed by atoms with Crippen LogP contribution in [0.25, 0.3) is 0 Å².